The first-order valence-electron chi connectivity index (χ1n) is 7.34. The Bertz CT molecular complexity index is 561. The largest absolute Gasteiger partial charge is 0.494 e. The summed E-state index contributed by atoms with van der Waals surface area (Å²) in [5.41, 5.74) is 0.725. The Balaban J connectivity index is 1.78. The molecule has 0 aliphatic heterocycles. The number of amides is 1. The molecule has 2 rings (SSSR count). The smallest absolute Gasteiger partial charge is 0.306 e. The Hall–Kier alpha value is -2.11. The third-order valence-corrected chi connectivity index (χ3v) is 4.00. The first-order valence-corrected chi connectivity index (χ1v) is 7.34. The molecule has 2 atom stereocenters. The van der Waals surface area contributed by atoms with Crippen LogP contribution in [0.5, 0.6) is 5.75 Å². The number of aliphatic carboxylic acids is 1. The van der Waals surface area contributed by atoms with Crippen LogP contribution in [0, 0.1) is 11.7 Å². The van der Waals surface area contributed by atoms with Crippen LogP contribution in [0.1, 0.15) is 31.2 Å². The Labute approximate surface area is 128 Å². The first kappa shape index (κ1) is 16.3. The number of benzene rings is 1. The standard InChI is InChI=1S/C16H20FNO4/c1-22-14-6-2-10(8-13(14)17)3-7-15(19)18-12-5-4-11(9-12)16(20)21/h2,6,8,11-12H,3-5,7,9H2,1H3,(H,18,19)(H,20,21)/t11-,12+/m0/s1. The second-order valence-electron chi connectivity index (χ2n) is 5.58. The average molecular weight is 309 g/mol. The Morgan fingerprint density at radius 3 is 2.77 bits per heavy atom. The van der Waals surface area contributed by atoms with Crippen molar-refractivity contribution in [2.75, 3.05) is 7.11 Å². The molecule has 1 aliphatic carbocycles. The van der Waals surface area contributed by atoms with Crippen LogP contribution in [0.2, 0.25) is 0 Å². The lowest BCUT2D eigenvalue weighted by Crippen LogP contribution is -2.33. The lowest BCUT2D eigenvalue weighted by molar-refractivity contribution is -0.141. The van der Waals surface area contributed by atoms with Crippen LogP contribution in [-0.4, -0.2) is 30.1 Å². The van der Waals surface area contributed by atoms with Crippen LogP contribution in [-0.2, 0) is 16.0 Å². The van der Waals surface area contributed by atoms with Crippen LogP contribution < -0.4 is 10.1 Å². The van der Waals surface area contributed by atoms with Crippen molar-refractivity contribution in [2.24, 2.45) is 5.92 Å². The van der Waals surface area contributed by atoms with E-state index in [1.54, 1.807) is 6.07 Å². The summed E-state index contributed by atoms with van der Waals surface area (Å²) in [4.78, 5) is 22.7. The van der Waals surface area contributed by atoms with E-state index < -0.39 is 11.8 Å². The van der Waals surface area contributed by atoms with Gasteiger partial charge >= 0.3 is 5.97 Å². The van der Waals surface area contributed by atoms with E-state index in [0.717, 1.165) is 5.56 Å². The van der Waals surface area contributed by atoms with Gasteiger partial charge in [-0.25, -0.2) is 4.39 Å². The molecule has 2 N–H and O–H groups in total. The van der Waals surface area contributed by atoms with Crippen molar-refractivity contribution in [3.05, 3.63) is 29.6 Å². The molecule has 5 nitrogen and oxygen atoms in total. The number of hydrogen-bond donors (Lipinski definition) is 2. The van der Waals surface area contributed by atoms with Gasteiger partial charge in [-0.15, -0.1) is 0 Å². The van der Waals surface area contributed by atoms with Crippen molar-refractivity contribution in [1.82, 2.24) is 5.32 Å². The zero-order valence-electron chi connectivity index (χ0n) is 12.5. The highest BCUT2D eigenvalue weighted by Crippen LogP contribution is 2.25. The first-order chi connectivity index (χ1) is 10.5. The molecule has 0 bridgehead atoms. The summed E-state index contributed by atoms with van der Waals surface area (Å²) in [7, 11) is 1.40. The molecule has 1 aliphatic rings. The lowest BCUT2D eigenvalue weighted by atomic mass is 10.1. The summed E-state index contributed by atoms with van der Waals surface area (Å²) in [5.74, 6) is -1.56. The minimum atomic E-state index is -0.801. The van der Waals surface area contributed by atoms with Gasteiger partial charge in [0.1, 0.15) is 0 Å². The fourth-order valence-corrected chi connectivity index (χ4v) is 2.76. The van der Waals surface area contributed by atoms with Gasteiger partial charge < -0.3 is 15.2 Å². The second kappa shape index (κ2) is 7.24. The molecule has 22 heavy (non-hydrogen) atoms. The van der Waals surface area contributed by atoms with Gasteiger partial charge in [-0.05, 0) is 43.4 Å². The fourth-order valence-electron chi connectivity index (χ4n) is 2.76. The highest BCUT2D eigenvalue weighted by atomic mass is 19.1. The van der Waals surface area contributed by atoms with E-state index in [0.29, 0.717) is 25.7 Å². The number of methoxy groups -OCH3 is 1. The fraction of sp³-hybridized carbons (Fsp3) is 0.500. The maximum atomic E-state index is 13.5. The normalized spacial score (nSPS) is 20.6. The summed E-state index contributed by atoms with van der Waals surface area (Å²) in [6, 6.07) is 4.56. The molecule has 0 saturated heterocycles. The van der Waals surface area contributed by atoms with Crippen molar-refractivity contribution < 1.29 is 23.8 Å². The predicted molar refractivity (Wildman–Crippen MR) is 78.2 cm³/mol. The highest BCUT2D eigenvalue weighted by molar-refractivity contribution is 5.77. The molecule has 0 unspecified atom stereocenters. The van der Waals surface area contributed by atoms with E-state index >= 15 is 0 Å². The number of carboxylic acids is 1. The zero-order chi connectivity index (χ0) is 16.1. The molecular weight excluding hydrogens is 289 g/mol. The van der Waals surface area contributed by atoms with Gasteiger partial charge in [0.05, 0.1) is 13.0 Å². The summed E-state index contributed by atoms with van der Waals surface area (Å²) in [6.07, 6.45) is 2.46. The second-order valence-corrected chi connectivity index (χ2v) is 5.58. The molecule has 1 saturated carbocycles. The van der Waals surface area contributed by atoms with Gasteiger partial charge in [0.15, 0.2) is 11.6 Å². The summed E-state index contributed by atoms with van der Waals surface area (Å²) >= 11 is 0. The molecule has 120 valence electrons. The summed E-state index contributed by atoms with van der Waals surface area (Å²) in [5, 5.41) is 11.8. The summed E-state index contributed by atoms with van der Waals surface area (Å²) in [6.45, 7) is 0. The Morgan fingerprint density at radius 2 is 2.18 bits per heavy atom. The number of aryl methyl sites for hydroxylation is 1. The Kier molecular flexibility index (Phi) is 5.35. The Morgan fingerprint density at radius 1 is 1.41 bits per heavy atom. The molecule has 1 amide bonds. The van der Waals surface area contributed by atoms with Gasteiger partial charge in [0.25, 0.3) is 0 Å². The molecule has 1 aromatic rings. The van der Waals surface area contributed by atoms with Gasteiger partial charge in [-0.3, -0.25) is 9.59 Å². The summed E-state index contributed by atoms with van der Waals surface area (Å²) < 4.78 is 18.4. The molecule has 6 heteroatoms. The molecule has 1 aromatic carbocycles. The van der Waals surface area contributed by atoms with Gasteiger partial charge in [-0.2, -0.15) is 0 Å². The lowest BCUT2D eigenvalue weighted by Gasteiger charge is -2.12. The quantitative estimate of drug-likeness (QED) is 0.844. The van der Waals surface area contributed by atoms with E-state index in [1.807, 2.05) is 0 Å². The highest BCUT2D eigenvalue weighted by Gasteiger charge is 2.30. The SMILES string of the molecule is COc1ccc(CCC(=O)N[C@@H]2CC[C@H](C(=O)O)C2)cc1F. The van der Waals surface area contributed by atoms with E-state index in [-0.39, 0.29) is 30.0 Å². The van der Waals surface area contributed by atoms with Crippen LogP contribution in [0.4, 0.5) is 4.39 Å². The zero-order valence-corrected chi connectivity index (χ0v) is 12.5. The van der Waals surface area contributed by atoms with Crippen LogP contribution >= 0.6 is 0 Å². The topological polar surface area (TPSA) is 75.6 Å². The van der Waals surface area contributed by atoms with Crippen molar-refractivity contribution in [3.63, 3.8) is 0 Å². The number of ether oxygens (including phenoxy) is 1. The predicted octanol–water partition coefficient (Wildman–Crippen LogP) is 2.14. The minimum absolute atomic E-state index is 0.0683. The molecule has 0 aromatic heterocycles. The van der Waals surface area contributed by atoms with Gasteiger partial charge in [0.2, 0.25) is 5.91 Å². The number of carbonyl (C=O) groups is 2. The molecular formula is C16H20FNO4. The molecule has 0 radical (unpaired) electrons. The molecule has 0 heterocycles. The maximum Gasteiger partial charge on any atom is 0.306 e. The van der Waals surface area contributed by atoms with Crippen molar-refractivity contribution in [3.8, 4) is 5.75 Å². The number of hydrogen-bond acceptors (Lipinski definition) is 3. The number of nitrogens with one attached hydrogen (secondary N) is 1. The van der Waals surface area contributed by atoms with E-state index in [4.69, 9.17) is 9.84 Å². The maximum absolute atomic E-state index is 13.5. The average Bonchev–Trinajstić information content (AvgIpc) is 2.94. The van der Waals surface area contributed by atoms with Gasteiger partial charge in [0, 0.05) is 12.5 Å². The third kappa shape index (κ3) is 4.19. The van der Waals surface area contributed by atoms with Crippen LogP contribution in [0.25, 0.3) is 0 Å². The number of rotatable bonds is 6. The van der Waals surface area contributed by atoms with E-state index in [2.05, 4.69) is 5.32 Å². The van der Waals surface area contributed by atoms with Crippen LogP contribution in [0.15, 0.2) is 18.2 Å². The minimum Gasteiger partial charge on any atom is -0.494 e. The van der Waals surface area contributed by atoms with Crippen molar-refractivity contribution >= 4 is 11.9 Å². The van der Waals surface area contributed by atoms with Crippen LogP contribution in [0.3, 0.4) is 0 Å². The van der Waals surface area contributed by atoms with E-state index in [9.17, 15) is 14.0 Å². The monoisotopic (exact) mass is 309 g/mol. The number of carboxylic acid groups (broad SMARTS) is 1. The van der Waals surface area contributed by atoms with Crippen molar-refractivity contribution in [1.29, 1.82) is 0 Å². The molecule has 1 fully saturated rings. The van der Waals surface area contributed by atoms with Crippen molar-refractivity contribution in [2.45, 2.75) is 38.1 Å². The molecule has 0 spiro atoms. The van der Waals surface area contributed by atoms with E-state index in [1.165, 1.54) is 19.2 Å². The number of carbonyl (C=O) groups excluding carboxylic acids is 1. The van der Waals surface area contributed by atoms with Gasteiger partial charge in [-0.1, -0.05) is 6.07 Å². The third-order valence-electron chi connectivity index (χ3n) is 4.00. The number of halogens is 1.